The predicted octanol–water partition coefficient (Wildman–Crippen LogP) is 3.23. The van der Waals surface area contributed by atoms with Crippen molar-refractivity contribution in [2.24, 2.45) is 5.92 Å². The molecule has 1 saturated heterocycles. The monoisotopic (exact) mass is 264 g/mol. The number of rotatable bonds is 5. The summed E-state index contributed by atoms with van der Waals surface area (Å²) in [4.78, 5) is 3.72. The van der Waals surface area contributed by atoms with Gasteiger partial charge in [0, 0.05) is 24.2 Å². The van der Waals surface area contributed by atoms with Gasteiger partial charge in [-0.3, -0.25) is 0 Å². The fourth-order valence-electron chi connectivity index (χ4n) is 2.51. The number of hydrogen-bond donors (Lipinski definition) is 1. The van der Waals surface area contributed by atoms with Gasteiger partial charge in [0.25, 0.3) is 0 Å². The molecule has 0 bridgehead atoms. The Morgan fingerprint density at radius 1 is 1.22 bits per heavy atom. The van der Waals surface area contributed by atoms with Gasteiger partial charge in [0.1, 0.15) is 0 Å². The van der Waals surface area contributed by atoms with Gasteiger partial charge >= 0.3 is 0 Å². The summed E-state index contributed by atoms with van der Waals surface area (Å²) in [6, 6.07) is 8.88. The van der Waals surface area contributed by atoms with Crippen molar-refractivity contribution in [2.75, 3.05) is 37.8 Å². The molecule has 0 aromatic heterocycles. The molecule has 2 rings (SSSR count). The Balaban J connectivity index is 1.80. The van der Waals surface area contributed by atoms with Crippen molar-refractivity contribution in [2.45, 2.75) is 24.2 Å². The van der Waals surface area contributed by atoms with Crippen molar-refractivity contribution >= 4 is 17.4 Å². The van der Waals surface area contributed by atoms with Crippen molar-refractivity contribution < 1.29 is 0 Å². The van der Waals surface area contributed by atoms with E-state index in [1.165, 1.54) is 49.5 Å². The van der Waals surface area contributed by atoms with E-state index in [1.807, 2.05) is 0 Å². The number of benzene rings is 1. The minimum absolute atomic E-state index is 0.916. The van der Waals surface area contributed by atoms with E-state index in [0.717, 1.165) is 5.92 Å². The second-order valence-corrected chi connectivity index (χ2v) is 5.98. The maximum absolute atomic E-state index is 3.43. The molecular weight excluding hydrogens is 240 g/mol. The van der Waals surface area contributed by atoms with Crippen LogP contribution in [-0.4, -0.2) is 32.9 Å². The van der Waals surface area contributed by atoms with Crippen LogP contribution < -0.4 is 10.2 Å². The van der Waals surface area contributed by atoms with Crippen LogP contribution in [0.25, 0.3) is 0 Å². The lowest BCUT2D eigenvalue weighted by atomic mass is 9.94. The van der Waals surface area contributed by atoms with E-state index >= 15 is 0 Å². The highest BCUT2D eigenvalue weighted by atomic mass is 32.2. The summed E-state index contributed by atoms with van der Waals surface area (Å²) in [7, 11) is 2.20. The average Bonchev–Trinajstić information content (AvgIpc) is 2.46. The summed E-state index contributed by atoms with van der Waals surface area (Å²) in [6.07, 6.45) is 6.14. The number of nitrogens with zero attached hydrogens (tertiary/aromatic N) is 1. The molecule has 1 N–H and O–H groups in total. The Morgan fingerprint density at radius 2 is 1.89 bits per heavy atom. The highest BCUT2D eigenvalue weighted by Gasteiger charge is 2.13. The molecule has 1 heterocycles. The molecule has 2 nitrogen and oxygen atoms in total. The summed E-state index contributed by atoms with van der Waals surface area (Å²) in [6.45, 7) is 3.58. The minimum atomic E-state index is 0.916. The van der Waals surface area contributed by atoms with Crippen LogP contribution in [0.1, 0.15) is 19.3 Å². The fourth-order valence-corrected chi connectivity index (χ4v) is 2.92. The highest BCUT2D eigenvalue weighted by Crippen LogP contribution is 2.21. The average molecular weight is 264 g/mol. The van der Waals surface area contributed by atoms with Crippen LogP contribution in [0.2, 0.25) is 0 Å². The molecule has 0 aliphatic carbocycles. The molecule has 0 radical (unpaired) electrons. The first-order valence-corrected chi connectivity index (χ1v) is 8.08. The van der Waals surface area contributed by atoms with E-state index in [0.29, 0.717) is 0 Å². The Kier molecular flexibility index (Phi) is 5.39. The standard InChI is InChI=1S/C15H24N2S/c1-17(12-9-13-7-10-16-11-8-13)14-3-5-15(18-2)6-4-14/h3-6,13,16H,7-12H2,1-2H3. The van der Waals surface area contributed by atoms with Gasteiger partial charge < -0.3 is 10.2 Å². The third kappa shape index (κ3) is 3.92. The van der Waals surface area contributed by atoms with Crippen molar-refractivity contribution in [3.8, 4) is 0 Å². The van der Waals surface area contributed by atoms with Crippen molar-refractivity contribution in [1.82, 2.24) is 5.32 Å². The van der Waals surface area contributed by atoms with E-state index in [2.05, 4.69) is 47.8 Å². The van der Waals surface area contributed by atoms with E-state index in [9.17, 15) is 0 Å². The Labute approximate surface area is 115 Å². The summed E-state index contributed by atoms with van der Waals surface area (Å²) >= 11 is 1.80. The maximum atomic E-state index is 3.43. The summed E-state index contributed by atoms with van der Waals surface area (Å²) in [5.74, 6) is 0.916. The molecular formula is C15H24N2S. The topological polar surface area (TPSA) is 15.3 Å². The number of nitrogens with one attached hydrogen (secondary N) is 1. The lowest BCUT2D eigenvalue weighted by Gasteiger charge is -2.26. The summed E-state index contributed by atoms with van der Waals surface area (Å²) in [5.41, 5.74) is 1.33. The summed E-state index contributed by atoms with van der Waals surface area (Å²) in [5, 5.41) is 3.43. The number of thioether (sulfide) groups is 1. The van der Waals surface area contributed by atoms with Gasteiger partial charge in [-0.15, -0.1) is 11.8 Å². The molecule has 0 spiro atoms. The van der Waals surface area contributed by atoms with Crippen molar-refractivity contribution in [1.29, 1.82) is 0 Å². The second-order valence-electron chi connectivity index (χ2n) is 5.10. The van der Waals surface area contributed by atoms with Gasteiger partial charge in [0.2, 0.25) is 0 Å². The molecule has 1 aromatic rings. The third-order valence-electron chi connectivity index (χ3n) is 3.84. The molecule has 0 atom stereocenters. The van der Waals surface area contributed by atoms with Crippen LogP contribution in [0.15, 0.2) is 29.2 Å². The van der Waals surface area contributed by atoms with Crippen LogP contribution in [0, 0.1) is 5.92 Å². The van der Waals surface area contributed by atoms with Crippen molar-refractivity contribution in [3.05, 3.63) is 24.3 Å². The lowest BCUT2D eigenvalue weighted by molar-refractivity contribution is 0.356. The number of hydrogen-bond acceptors (Lipinski definition) is 3. The molecule has 100 valence electrons. The first kappa shape index (κ1) is 13.8. The SMILES string of the molecule is CSc1ccc(N(C)CCC2CCNCC2)cc1. The van der Waals surface area contributed by atoms with E-state index in [-0.39, 0.29) is 0 Å². The smallest absolute Gasteiger partial charge is 0.0364 e. The van der Waals surface area contributed by atoms with Crippen LogP contribution in [0.3, 0.4) is 0 Å². The second kappa shape index (κ2) is 7.05. The highest BCUT2D eigenvalue weighted by molar-refractivity contribution is 7.98. The molecule has 3 heteroatoms. The predicted molar refractivity (Wildman–Crippen MR) is 81.7 cm³/mol. The first-order valence-electron chi connectivity index (χ1n) is 6.85. The van der Waals surface area contributed by atoms with Crippen molar-refractivity contribution in [3.63, 3.8) is 0 Å². The molecule has 1 aromatic carbocycles. The van der Waals surface area contributed by atoms with E-state index in [4.69, 9.17) is 0 Å². The van der Waals surface area contributed by atoms with Gasteiger partial charge in [-0.25, -0.2) is 0 Å². The third-order valence-corrected chi connectivity index (χ3v) is 4.59. The van der Waals surface area contributed by atoms with Gasteiger partial charge in [-0.1, -0.05) is 0 Å². The van der Waals surface area contributed by atoms with E-state index in [1.54, 1.807) is 11.8 Å². The normalized spacial score (nSPS) is 16.8. The quantitative estimate of drug-likeness (QED) is 0.822. The van der Waals surface area contributed by atoms with Crippen LogP contribution in [0.4, 0.5) is 5.69 Å². The Morgan fingerprint density at radius 3 is 2.50 bits per heavy atom. The Hall–Kier alpha value is -0.670. The number of piperidine rings is 1. The molecule has 0 saturated carbocycles. The molecule has 0 amide bonds. The van der Waals surface area contributed by atoms with Crippen LogP contribution in [-0.2, 0) is 0 Å². The van der Waals surface area contributed by atoms with Crippen LogP contribution in [0.5, 0.6) is 0 Å². The molecule has 18 heavy (non-hydrogen) atoms. The maximum Gasteiger partial charge on any atom is 0.0364 e. The Bertz CT molecular complexity index is 344. The van der Waals surface area contributed by atoms with Crippen LogP contribution >= 0.6 is 11.8 Å². The van der Waals surface area contributed by atoms with Gasteiger partial charge in [-0.05, 0) is 68.8 Å². The molecule has 1 aliphatic heterocycles. The zero-order valence-corrected chi connectivity index (χ0v) is 12.3. The molecule has 1 aliphatic rings. The molecule has 1 fully saturated rings. The fraction of sp³-hybridized carbons (Fsp3) is 0.600. The lowest BCUT2D eigenvalue weighted by Crippen LogP contribution is -2.30. The number of anilines is 1. The first-order chi connectivity index (χ1) is 8.79. The largest absolute Gasteiger partial charge is 0.375 e. The zero-order valence-electron chi connectivity index (χ0n) is 11.5. The van der Waals surface area contributed by atoms with E-state index < -0.39 is 0 Å². The summed E-state index contributed by atoms with van der Waals surface area (Å²) < 4.78 is 0. The zero-order chi connectivity index (χ0) is 12.8. The van der Waals surface area contributed by atoms with Gasteiger partial charge in [0.15, 0.2) is 0 Å². The minimum Gasteiger partial charge on any atom is -0.375 e. The van der Waals surface area contributed by atoms with Gasteiger partial charge in [-0.2, -0.15) is 0 Å². The van der Waals surface area contributed by atoms with Gasteiger partial charge in [0.05, 0.1) is 0 Å². The molecule has 0 unspecified atom stereocenters.